The summed E-state index contributed by atoms with van der Waals surface area (Å²) >= 11 is 0. The van der Waals surface area contributed by atoms with Crippen molar-refractivity contribution in [3.8, 4) is 16.9 Å². The average molecular weight is 397 g/mol. The molecule has 1 aromatic heterocycles. The molecule has 2 aromatic carbocycles. The third-order valence-electron chi connectivity index (χ3n) is 5.19. The topological polar surface area (TPSA) is 50.2 Å². The first-order valence-corrected chi connectivity index (χ1v) is 9.33. The zero-order chi connectivity index (χ0) is 18.8. The molecule has 146 valence electrons. The third kappa shape index (κ3) is 3.96. The highest BCUT2D eigenvalue weighted by atomic mass is 35.5. The molecule has 2 heterocycles. The molecule has 1 amide bonds. The number of aryl methyl sites for hydroxylation is 1. The van der Waals surface area contributed by atoms with Crippen LogP contribution in [-0.4, -0.2) is 46.8 Å². The molecular weight excluding hydrogens is 372 g/mol. The van der Waals surface area contributed by atoms with Gasteiger partial charge >= 0.3 is 0 Å². The Kier molecular flexibility index (Phi) is 6.17. The molecule has 3 aromatic rings. The van der Waals surface area contributed by atoms with Gasteiger partial charge in [0, 0.05) is 31.4 Å². The van der Waals surface area contributed by atoms with Crippen molar-refractivity contribution >= 4 is 18.3 Å². The molecule has 28 heavy (non-hydrogen) atoms. The van der Waals surface area contributed by atoms with Gasteiger partial charge in [-0.25, -0.2) is 4.68 Å². The van der Waals surface area contributed by atoms with E-state index < -0.39 is 0 Å². The van der Waals surface area contributed by atoms with E-state index in [0.29, 0.717) is 5.56 Å². The number of likely N-dealkylation sites (N-methyl/N-ethyl adjacent to an activating group) is 1. The number of nitrogens with zero attached hydrogens (tertiary/aromatic N) is 3. The Morgan fingerprint density at radius 2 is 1.86 bits per heavy atom. The van der Waals surface area contributed by atoms with E-state index in [1.54, 1.807) is 4.68 Å². The van der Waals surface area contributed by atoms with E-state index in [-0.39, 0.29) is 24.4 Å². The SMILES string of the molecule is Cc1ccc(-n2cc(C(=O)N(C)C3CCNC3)c(-c3ccccc3)n2)cc1.Cl. The van der Waals surface area contributed by atoms with Crippen LogP contribution in [0.5, 0.6) is 0 Å². The molecule has 1 fully saturated rings. The first-order chi connectivity index (χ1) is 13.1. The van der Waals surface area contributed by atoms with Crippen molar-refractivity contribution in [1.82, 2.24) is 20.0 Å². The number of carbonyl (C=O) groups excluding carboxylic acids is 1. The summed E-state index contributed by atoms with van der Waals surface area (Å²) in [7, 11) is 1.89. The Hall–Kier alpha value is -2.63. The lowest BCUT2D eigenvalue weighted by Crippen LogP contribution is -2.38. The van der Waals surface area contributed by atoms with Crippen molar-refractivity contribution in [2.75, 3.05) is 20.1 Å². The van der Waals surface area contributed by atoms with Crippen LogP contribution in [0.15, 0.2) is 60.8 Å². The Bertz CT molecular complexity index is 931. The van der Waals surface area contributed by atoms with Crippen molar-refractivity contribution in [1.29, 1.82) is 0 Å². The number of aromatic nitrogens is 2. The van der Waals surface area contributed by atoms with Crippen LogP contribution in [-0.2, 0) is 0 Å². The number of halogens is 1. The summed E-state index contributed by atoms with van der Waals surface area (Å²) in [6.45, 7) is 3.85. The van der Waals surface area contributed by atoms with Gasteiger partial charge < -0.3 is 10.2 Å². The second-order valence-corrected chi connectivity index (χ2v) is 7.10. The molecule has 1 aliphatic heterocycles. The fourth-order valence-electron chi connectivity index (χ4n) is 3.50. The van der Waals surface area contributed by atoms with Crippen molar-refractivity contribution in [2.45, 2.75) is 19.4 Å². The van der Waals surface area contributed by atoms with E-state index in [9.17, 15) is 4.79 Å². The number of hydrogen-bond donors (Lipinski definition) is 1. The lowest BCUT2D eigenvalue weighted by molar-refractivity contribution is 0.0744. The fraction of sp³-hybridized carbons (Fsp3) is 0.273. The molecule has 0 saturated carbocycles. The van der Waals surface area contributed by atoms with Gasteiger partial charge in [-0.15, -0.1) is 12.4 Å². The molecule has 0 aliphatic carbocycles. The summed E-state index contributed by atoms with van der Waals surface area (Å²) in [4.78, 5) is 15.1. The molecule has 4 rings (SSSR count). The predicted molar refractivity (Wildman–Crippen MR) is 114 cm³/mol. The zero-order valence-corrected chi connectivity index (χ0v) is 16.9. The van der Waals surface area contributed by atoms with E-state index in [1.807, 2.05) is 60.6 Å². The summed E-state index contributed by atoms with van der Waals surface area (Å²) in [5, 5.41) is 8.09. The number of benzene rings is 2. The van der Waals surface area contributed by atoms with Gasteiger partial charge in [-0.1, -0.05) is 48.0 Å². The van der Waals surface area contributed by atoms with E-state index in [2.05, 4.69) is 24.4 Å². The molecule has 1 aliphatic rings. The first kappa shape index (κ1) is 20.1. The van der Waals surface area contributed by atoms with Crippen LogP contribution in [0.2, 0.25) is 0 Å². The van der Waals surface area contributed by atoms with Crippen LogP contribution in [0.4, 0.5) is 0 Å². The van der Waals surface area contributed by atoms with Gasteiger partial charge in [0.2, 0.25) is 0 Å². The van der Waals surface area contributed by atoms with E-state index in [0.717, 1.165) is 36.5 Å². The molecular formula is C22H25ClN4O. The summed E-state index contributed by atoms with van der Waals surface area (Å²) in [6, 6.07) is 18.3. The highest BCUT2D eigenvalue weighted by molar-refractivity contribution is 6.00. The van der Waals surface area contributed by atoms with Gasteiger partial charge in [-0.05, 0) is 32.0 Å². The minimum absolute atomic E-state index is 0. The molecule has 1 saturated heterocycles. The Balaban J connectivity index is 0.00000225. The number of rotatable bonds is 4. The third-order valence-corrected chi connectivity index (χ3v) is 5.19. The number of carbonyl (C=O) groups is 1. The molecule has 1 N–H and O–H groups in total. The van der Waals surface area contributed by atoms with Crippen LogP contribution in [0.1, 0.15) is 22.3 Å². The summed E-state index contributed by atoms with van der Waals surface area (Å²) in [5.74, 6) is 0.0147. The Labute approximate surface area is 171 Å². The van der Waals surface area contributed by atoms with Crippen LogP contribution in [0.25, 0.3) is 16.9 Å². The number of amides is 1. The monoisotopic (exact) mass is 396 g/mol. The van der Waals surface area contributed by atoms with Crippen LogP contribution >= 0.6 is 12.4 Å². The van der Waals surface area contributed by atoms with E-state index in [4.69, 9.17) is 5.10 Å². The Morgan fingerprint density at radius 1 is 1.14 bits per heavy atom. The van der Waals surface area contributed by atoms with Crippen molar-refractivity contribution in [2.24, 2.45) is 0 Å². The van der Waals surface area contributed by atoms with Gasteiger partial charge in [0.15, 0.2) is 0 Å². The average Bonchev–Trinajstić information content (AvgIpc) is 3.38. The molecule has 0 spiro atoms. The number of hydrogen-bond acceptors (Lipinski definition) is 3. The van der Waals surface area contributed by atoms with Crippen LogP contribution in [0, 0.1) is 6.92 Å². The molecule has 1 atom stereocenters. The summed E-state index contributed by atoms with van der Waals surface area (Å²) < 4.78 is 1.80. The second kappa shape index (κ2) is 8.59. The van der Waals surface area contributed by atoms with Crippen molar-refractivity contribution in [3.63, 3.8) is 0 Å². The first-order valence-electron chi connectivity index (χ1n) is 9.33. The molecule has 0 radical (unpaired) electrons. The normalized spacial score (nSPS) is 15.9. The standard InChI is InChI=1S/C22H24N4O.ClH/c1-16-8-10-18(11-9-16)26-15-20(21(24-26)17-6-4-3-5-7-17)22(27)25(2)19-12-13-23-14-19;/h3-11,15,19,23H,12-14H2,1-2H3;1H. The molecule has 0 bridgehead atoms. The molecule has 1 unspecified atom stereocenters. The maximum atomic E-state index is 13.3. The maximum absolute atomic E-state index is 13.3. The van der Waals surface area contributed by atoms with Crippen LogP contribution in [0.3, 0.4) is 0 Å². The number of nitrogens with one attached hydrogen (secondary N) is 1. The summed E-state index contributed by atoms with van der Waals surface area (Å²) in [5.41, 5.74) is 4.45. The van der Waals surface area contributed by atoms with Gasteiger partial charge in [0.1, 0.15) is 5.69 Å². The predicted octanol–water partition coefficient (Wildman–Crippen LogP) is 3.70. The van der Waals surface area contributed by atoms with Crippen LogP contribution < -0.4 is 5.32 Å². The van der Waals surface area contributed by atoms with Crippen molar-refractivity contribution < 1.29 is 4.79 Å². The smallest absolute Gasteiger partial charge is 0.257 e. The quantitative estimate of drug-likeness (QED) is 0.731. The highest BCUT2D eigenvalue weighted by Gasteiger charge is 2.27. The zero-order valence-electron chi connectivity index (χ0n) is 16.1. The molecule has 5 nitrogen and oxygen atoms in total. The lowest BCUT2D eigenvalue weighted by Gasteiger charge is -2.23. The van der Waals surface area contributed by atoms with Gasteiger partial charge in [-0.2, -0.15) is 5.10 Å². The second-order valence-electron chi connectivity index (χ2n) is 7.10. The highest BCUT2D eigenvalue weighted by Crippen LogP contribution is 2.25. The van der Waals surface area contributed by atoms with Gasteiger partial charge in [0.05, 0.1) is 11.3 Å². The lowest BCUT2D eigenvalue weighted by atomic mass is 10.1. The van der Waals surface area contributed by atoms with Gasteiger partial charge in [-0.3, -0.25) is 4.79 Å². The Morgan fingerprint density at radius 3 is 2.50 bits per heavy atom. The summed E-state index contributed by atoms with van der Waals surface area (Å²) in [6.07, 6.45) is 2.84. The molecule has 6 heteroatoms. The minimum Gasteiger partial charge on any atom is -0.337 e. The maximum Gasteiger partial charge on any atom is 0.257 e. The van der Waals surface area contributed by atoms with E-state index in [1.165, 1.54) is 5.56 Å². The minimum atomic E-state index is 0. The van der Waals surface area contributed by atoms with Gasteiger partial charge in [0.25, 0.3) is 5.91 Å². The fourth-order valence-corrected chi connectivity index (χ4v) is 3.50. The van der Waals surface area contributed by atoms with E-state index >= 15 is 0 Å². The largest absolute Gasteiger partial charge is 0.337 e. The van der Waals surface area contributed by atoms with Crippen molar-refractivity contribution in [3.05, 3.63) is 71.9 Å².